The predicted molar refractivity (Wildman–Crippen MR) is 116 cm³/mol. The fourth-order valence-corrected chi connectivity index (χ4v) is 5.11. The summed E-state index contributed by atoms with van der Waals surface area (Å²) in [5, 5.41) is 6.10. The molecule has 29 heavy (non-hydrogen) atoms. The second-order valence-electron chi connectivity index (χ2n) is 6.42. The minimum atomic E-state index is -3.78. The Morgan fingerprint density at radius 2 is 1.72 bits per heavy atom. The van der Waals surface area contributed by atoms with Gasteiger partial charge in [0.05, 0.1) is 40.2 Å². The summed E-state index contributed by atoms with van der Waals surface area (Å²) in [6.07, 6.45) is -0.483. The molecule has 10 heteroatoms. The maximum Gasteiger partial charge on any atom is 0.206 e. The summed E-state index contributed by atoms with van der Waals surface area (Å²) in [6, 6.07) is 8.69. The first-order valence-corrected chi connectivity index (χ1v) is 11.0. The summed E-state index contributed by atoms with van der Waals surface area (Å²) in [4.78, 5) is 0.221. The van der Waals surface area contributed by atoms with Crippen molar-refractivity contribution in [2.24, 2.45) is 0 Å². The lowest BCUT2D eigenvalue weighted by Crippen LogP contribution is -2.45. The first-order valence-electron chi connectivity index (χ1n) is 8.75. The molecule has 0 spiro atoms. The van der Waals surface area contributed by atoms with Crippen LogP contribution in [0.4, 0.5) is 10.1 Å². The zero-order valence-electron chi connectivity index (χ0n) is 15.9. The summed E-state index contributed by atoms with van der Waals surface area (Å²) in [6.45, 7) is 0.954. The minimum absolute atomic E-state index is 0. The topological polar surface area (TPSA) is 76.7 Å². The van der Waals surface area contributed by atoms with Crippen molar-refractivity contribution in [3.8, 4) is 11.5 Å². The van der Waals surface area contributed by atoms with E-state index in [-0.39, 0.29) is 28.7 Å². The molecule has 1 saturated heterocycles. The SMILES string of the molecule is COc1ccc(S(=O)(=O)c2ccc(OC)c(NC3CCNCC3F)c2)cc1Br.Cl. The summed E-state index contributed by atoms with van der Waals surface area (Å²) in [7, 11) is -0.776. The van der Waals surface area contributed by atoms with E-state index in [0.717, 1.165) is 0 Å². The van der Waals surface area contributed by atoms with Crippen molar-refractivity contribution in [3.63, 3.8) is 0 Å². The summed E-state index contributed by atoms with van der Waals surface area (Å²) in [5.41, 5.74) is 0.450. The van der Waals surface area contributed by atoms with Crippen LogP contribution in [0.2, 0.25) is 0 Å². The van der Waals surface area contributed by atoms with E-state index >= 15 is 0 Å². The van der Waals surface area contributed by atoms with Gasteiger partial charge in [-0.1, -0.05) is 0 Å². The third-order valence-corrected chi connectivity index (χ3v) is 7.03. The molecular formula is C19H23BrClFN2O4S. The second-order valence-corrected chi connectivity index (χ2v) is 9.23. The molecule has 2 aromatic carbocycles. The van der Waals surface area contributed by atoms with Gasteiger partial charge in [0, 0.05) is 6.54 Å². The van der Waals surface area contributed by atoms with Crippen LogP contribution in [0.3, 0.4) is 0 Å². The van der Waals surface area contributed by atoms with Crippen LogP contribution in [0.25, 0.3) is 0 Å². The molecule has 1 aliphatic rings. The maximum atomic E-state index is 14.2. The Balaban J connectivity index is 0.00000300. The fourth-order valence-electron chi connectivity index (χ4n) is 3.10. The molecule has 1 fully saturated rings. The number of nitrogens with one attached hydrogen (secondary N) is 2. The van der Waals surface area contributed by atoms with Gasteiger partial charge in [-0.05, 0) is 65.3 Å². The number of benzene rings is 2. The molecule has 0 radical (unpaired) electrons. The normalized spacial score (nSPS) is 19.2. The van der Waals surface area contributed by atoms with Crippen LogP contribution in [0, 0.1) is 0 Å². The molecule has 1 heterocycles. The molecule has 6 nitrogen and oxygen atoms in total. The molecule has 0 aliphatic carbocycles. The highest BCUT2D eigenvalue weighted by Crippen LogP contribution is 2.34. The zero-order chi connectivity index (χ0) is 20.3. The van der Waals surface area contributed by atoms with E-state index in [4.69, 9.17) is 9.47 Å². The van der Waals surface area contributed by atoms with Crippen LogP contribution < -0.4 is 20.1 Å². The molecule has 2 aromatic rings. The molecule has 1 aliphatic heterocycles. The highest BCUT2D eigenvalue weighted by atomic mass is 79.9. The molecule has 160 valence electrons. The molecule has 2 atom stereocenters. The van der Waals surface area contributed by atoms with Crippen molar-refractivity contribution in [2.75, 3.05) is 32.6 Å². The highest BCUT2D eigenvalue weighted by Gasteiger charge is 2.26. The number of alkyl halides is 1. The number of methoxy groups -OCH3 is 2. The largest absolute Gasteiger partial charge is 0.496 e. The van der Waals surface area contributed by atoms with E-state index in [1.807, 2.05) is 0 Å². The molecule has 0 amide bonds. The molecule has 2 unspecified atom stereocenters. The van der Waals surface area contributed by atoms with Gasteiger partial charge in [-0.25, -0.2) is 12.8 Å². The first-order chi connectivity index (χ1) is 13.4. The molecular weight excluding hydrogens is 487 g/mol. The number of hydrogen-bond donors (Lipinski definition) is 2. The Bertz CT molecular complexity index is 961. The summed E-state index contributed by atoms with van der Waals surface area (Å²) < 4.78 is 51.4. The molecule has 0 saturated carbocycles. The van der Waals surface area contributed by atoms with Gasteiger partial charge in [0.25, 0.3) is 0 Å². The molecule has 0 bridgehead atoms. The monoisotopic (exact) mass is 508 g/mol. The van der Waals surface area contributed by atoms with Crippen LogP contribution in [-0.4, -0.2) is 47.9 Å². The smallest absolute Gasteiger partial charge is 0.206 e. The Kier molecular flexibility index (Phi) is 8.16. The standard InChI is InChI=1S/C19H22BrFN2O4S.ClH/c1-26-18-5-3-12(9-14(18)20)28(24,25)13-4-6-19(27-2)17(10-13)23-16-7-8-22-11-15(16)21;/h3-6,9-10,15-16,22-23H,7-8,11H2,1-2H3;1H. The highest BCUT2D eigenvalue weighted by molar-refractivity contribution is 9.10. The van der Waals surface area contributed by atoms with Crippen molar-refractivity contribution < 1.29 is 22.3 Å². The molecule has 2 N–H and O–H groups in total. The van der Waals surface area contributed by atoms with Gasteiger partial charge in [-0.15, -0.1) is 12.4 Å². The number of sulfone groups is 1. The van der Waals surface area contributed by atoms with Gasteiger partial charge < -0.3 is 20.1 Å². The Morgan fingerprint density at radius 3 is 2.31 bits per heavy atom. The summed E-state index contributed by atoms with van der Waals surface area (Å²) >= 11 is 3.31. The van der Waals surface area contributed by atoms with Crippen LogP contribution in [-0.2, 0) is 9.84 Å². The number of anilines is 1. The predicted octanol–water partition coefficient (Wildman–Crippen LogP) is 3.83. The average molecular weight is 510 g/mol. The van der Waals surface area contributed by atoms with Crippen LogP contribution >= 0.6 is 28.3 Å². The number of halogens is 3. The van der Waals surface area contributed by atoms with E-state index in [2.05, 4.69) is 26.6 Å². The van der Waals surface area contributed by atoms with Crippen molar-refractivity contribution >= 4 is 43.9 Å². The fraction of sp³-hybridized carbons (Fsp3) is 0.368. The molecule has 0 aromatic heterocycles. The van der Waals surface area contributed by atoms with Gasteiger partial charge in [0.15, 0.2) is 0 Å². The van der Waals surface area contributed by atoms with E-state index in [1.54, 1.807) is 12.1 Å². The third-order valence-electron chi connectivity index (χ3n) is 4.66. The zero-order valence-corrected chi connectivity index (χ0v) is 19.2. The van der Waals surface area contributed by atoms with Crippen LogP contribution in [0.5, 0.6) is 11.5 Å². The third kappa shape index (κ3) is 5.14. The number of ether oxygens (including phenoxy) is 2. The van der Waals surface area contributed by atoms with Crippen LogP contribution in [0.15, 0.2) is 50.7 Å². The van der Waals surface area contributed by atoms with E-state index in [1.165, 1.54) is 38.5 Å². The van der Waals surface area contributed by atoms with Crippen molar-refractivity contribution in [2.45, 2.75) is 28.4 Å². The maximum absolute atomic E-state index is 14.2. The minimum Gasteiger partial charge on any atom is -0.496 e. The van der Waals surface area contributed by atoms with Crippen molar-refractivity contribution in [1.29, 1.82) is 0 Å². The van der Waals surface area contributed by atoms with Crippen LogP contribution in [0.1, 0.15) is 6.42 Å². The first kappa shape index (κ1) is 23.7. The number of piperidine rings is 1. The summed E-state index contributed by atoms with van der Waals surface area (Å²) in [5.74, 6) is 0.997. The Labute approximate surface area is 184 Å². The quantitative estimate of drug-likeness (QED) is 0.616. The van der Waals surface area contributed by atoms with Gasteiger partial charge in [-0.3, -0.25) is 0 Å². The van der Waals surface area contributed by atoms with E-state index < -0.39 is 22.1 Å². The second kappa shape index (κ2) is 9.97. The number of hydrogen-bond acceptors (Lipinski definition) is 6. The number of rotatable bonds is 6. The van der Waals surface area contributed by atoms with Gasteiger partial charge in [0.1, 0.15) is 17.7 Å². The van der Waals surface area contributed by atoms with E-state index in [0.29, 0.717) is 34.6 Å². The van der Waals surface area contributed by atoms with Gasteiger partial charge >= 0.3 is 0 Å². The van der Waals surface area contributed by atoms with E-state index in [9.17, 15) is 12.8 Å². The van der Waals surface area contributed by atoms with Gasteiger partial charge in [-0.2, -0.15) is 0 Å². The molecule has 3 rings (SSSR count). The Hall–Kier alpha value is -1.55. The van der Waals surface area contributed by atoms with Crippen molar-refractivity contribution in [1.82, 2.24) is 5.32 Å². The van der Waals surface area contributed by atoms with Gasteiger partial charge in [0.2, 0.25) is 9.84 Å². The van der Waals surface area contributed by atoms with Crippen molar-refractivity contribution in [3.05, 3.63) is 40.9 Å². The lowest BCUT2D eigenvalue weighted by Gasteiger charge is -2.29. The lowest BCUT2D eigenvalue weighted by molar-refractivity contribution is 0.244. The Morgan fingerprint density at radius 1 is 1.10 bits per heavy atom. The average Bonchev–Trinajstić information content (AvgIpc) is 2.69. The lowest BCUT2D eigenvalue weighted by atomic mass is 10.0.